The lowest BCUT2D eigenvalue weighted by Crippen LogP contribution is -2.38. The van der Waals surface area contributed by atoms with Crippen LogP contribution in [0.5, 0.6) is 5.75 Å². The molecule has 3 rings (SSSR count). The predicted molar refractivity (Wildman–Crippen MR) is 101 cm³/mol. The number of hydrogen-bond acceptors (Lipinski definition) is 5. The van der Waals surface area contributed by atoms with E-state index in [1.807, 2.05) is 0 Å². The first-order valence-corrected chi connectivity index (χ1v) is 10.1. The number of nitrogens with zero attached hydrogens (tertiary/aromatic N) is 1. The van der Waals surface area contributed by atoms with E-state index in [0.29, 0.717) is 31.1 Å². The Balaban J connectivity index is 0.00000243. The van der Waals surface area contributed by atoms with Crippen molar-refractivity contribution >= 4 is 28.3 Å². The van der Waals surface area contributed by atoms with Gasteiger partial charge in [0.15, 0.2) is 0 Å². The first kappa shape index (κ1) is 21.0. The molecule has 1 heterocycles. The Hall–Kier alpha value is -1.35. The van der Waals surface area contributed by atoms with Gasteiger partial charge in [-0.2, -0.15) is 4.31 Å². The second kappa shape index (κ2) is 8.56. The molecule has 0 bridgehead atoms. The minimum absolute atomic E-state index is 0. The van der Waals surface area contributed by atoms with E-state index in [2.05, 4.69) is 5.32 Å². The molecule has 0 spiro atoms. The Bertz CT molecular complexity index is 746. The molecule has 0 radical (unpaired) electrons. The summed E-state index contributed by atoms with van der Waals surface area (Å²) in [7, 11) is -2.25. The molecule has 1 atom stereocenters. The summed E-state index contributed by atoms with van der Waals surface area (Å²) in [4.78, 5) is 12.4. The van der Waals surface area contributed by atoms with Crippen LogP contribution in [0.2, 0.25) is 0 Å². The third-order valence-corrected chi connectivity index (χ3v) is 6.75. The van der Waals surface area contributed by atoms with Crippen LogP contribution in [-0.2, 0) is 10.0 Å². The maximum Gasteiger partial charge on any atom is 0.251 e. The Morgan fingerprint density at radius 2 is 2.00 bits per heavy atom. The molecule has 9 heteroatoms. The number of amides is 1. The highest BCUT2D eigenvalue weighted by Gasteiger charge is 2.31. The molecular formula is C17H26ClN3O4S. The van der Waals surface area contributed by atoms with Gasteiger partial charge >= 0.3 is 0 Å². The van der Waals surface area contributed by atoms with Crippen LogP contribution in [0.25, 0.3) is 0 Å². The molecule has 1 aliphatic carbocycles. The van der Waals surface area contributed by atoms with Crippen molar-refractivity contribution in [3.63, 3.8) is 0 Å². The van der Waals surface area contributed by atoms with Gasteiger partial charge in [-0.05, 0) is 49.8 Å². The predicted octanol–water partition coefficient (Wildman–Crippen LogP) is 1.37. The molecule has 146 valence electrons. The van der Waals surface area contributed by atoms with Crippen LogP contribution in [-0.4, -0.2) is 51.4 Å². The van der Waals surface area contributed by atoms with Crippen LogP contribution in [0.4, 0.5) is 0 Å². The van der Waals surface area contributed by atoms with Crippen molar-refractivity contribution in [2.75, 3.05) is 26.7 Å². The number of methoxy groups -OCH3 is 1. The van der Waals surface area contributed by atoms with Gasteiger partial charge in [0.25, 0.3) is 5.91 Å². The third kappa shape index (κ3) is 4.49. The maximum absolute atomic E-state index is 12.8. The van der Waals surface area contributed by atoms with Gasteiger partial charge in [0.05, 0.1) is 7.11 Å². The Morgan fingerprint density at radius 1 is 1.35 bits per heavy atom. The summed E-state index contributed by atoms with van der Waals surface area (Å²) < 4.78 is 32.3. The van der Waals surface area contributed by atoms with Gasteiger partial charge in [-0.15, -0.1) is 12.4 Å². The van der Waals surface area contributed by atoms with E-state index in [0.717, 1.165) is 25.7 Å². The molecule has 7 nitrogen and oxygen atoms in total. The van der Waals surface area contributed by atoms with Crippen molar-refractivity contribution in [2.45, 2.75) is 36.6 Å². The average molecular weight is 404 g/mol. The van der Waals surface area contributed by atoms with E-state index in [1.165, 1.54) is 23.5 Å². The van der Waals surface area contributed by atoms with E-state index in [4.69, 9.17) is 10.5 Å². The largest absolute Gasteiger partial charge is 0.495 e. The molecule has 1 aromatic rings. The summed E-state index contributed by atoms with van der Waals surface area (Å²) in [5.74, 6) is 0.414. The molecular weight excluding hydrogens is 378 g/mol. The molecule has 1 aliphatic heterocycles. The monoisotopic (exact) mass is 403 g/mol. The van der Waals surface area contributed by atoms with Crippen molar-refractivity contribution in [1.29, 1.82) is 0 Å². The summed E-state index contributed by atoms with van der Waals surface area (Å²) in [6.07, 6.45) is 3.91. The number of carbonyl (C=O) groups excluding carboxylic acids is 1. The summed E-state index contributed by atoms with van der Waals surface area (Å²) in [5.41, 5.74) is 6.29. The average Bonchev–Trinajstić information content (AvgIpc) is 3.32. The number of nitrogens with one attached hydrogen (secondary N) is 1. The van der Waals surface area contributed by atoms with Gasteiger partial charge in [0, 0.05) is 31.2 Å². The Labute approximate surface area is 160 Å². The molecule has 2 fully saturated rings. The molecule has 2 aliphatic rings. The first-order chi connectivity index (χ1) is 11.9. The van der Waals surface area contributed by atoms with Crippen LogP contribution in [0.15, 0.2) is 23.1 Å². The van der Waals surface area contributed by atoms with Gasteiger partial charge in [-0.3, -0.25) is 4.79 Å². The van der Waals surface area contributed by atoms with E-state index < -0.39 is 10.0 Å². The normalized spacial score (nSPS) is 18.8. The van der Waals surface area contributed by atoms with Crippen LogP contribution in [0, 0.1) is 5.92 Å². The fourth-order valence-electron chi connectivity index (χ4n) is 3.09. The first-order valence-electron chi connectivity index (χ1n) is 8.65. The highest BCUT2D eigenvalue weighted by atomic mass is 35.5. The van der Waals surface area contributed by atoms with Crippen molar-refractivity contribution in [1.82, 2.24) is 9.62 Å². The zero-order valence-electron chi connectivity index (χ0n) is 14.8. The summed E-state index contributed by atoms with van der Waals surface area (Å²) in [6, 6.07) is 4.44. The van der Waals surface area contributed by atoms with Crippen LogP contribution < -0.4 is 15.8 Å². The topological polar surface area (TPSA) is 102 Å². The molecule has 3 N–H and O–H groups in total. The molecule has 1 saturated heterocycles. The van der Waals surface area contributed by atoms with Crippen molar-refractivity contribution < 1.29 is 17.9 Å². The fourth-order valence-corrected chi connectivity index (χ4v) is 4.79. The second-order valence-corrected chi connectivity index (χ2v) is 8.59. The molecule has 26 heavy (non-hydrogen) atoms. The third-order valence-electron chi connectivity index (χ3n) is 4.83. The number of rotatable bonds is 7. The van der Waals surface area contributed by atoms with E-state index in [1.54, 1.807) is 6.07 Å². The van der Waals surface area contributed by atoms with E-state index in [-0.39, 0.29) is 35.0 Å². The zero-order valence-corrected chi connectivity index (χ0v) is 16.4. The zero-order chi connectivity index (χ0) is 18.0. The number of ether oxygens (including phenoxy) is 1. The standard InChI is InChI=1S/C17H25N3O4S.ClH/c1-24-15-7-6-13(17(21)19-11-14(18)12-4-5-12)10-16(15)25(22,23)20-8-2-3-9-20;/h6-7,10,12,14H,2-5,8-9,11,18H2,1H3,(H,19,21);1H. The summed E-state index contributed by atoms with van der Waals surface area (Å²) in [5, 5.41) is 2.79. The van der Waals surface area contributed by atoms with Gasteiger partial charge in [0.1, 0.15) is 10.6 Å². The van der Waals surface area contributed by atoms with Crippen molar-refractivity contribution in [3.8, 4) is 5.75 Å². The minimum Gasteiger partial charge on any atom is -0.495 e. The quantitative estimate of drug-likeness (QED) is 0.715. The smallest absolute Gasteiger partial charge is 0.251 e. The fraction of sp³-hybridized carbons (Fsp3) is 0.588. The molecule has 1 aromatic carbocycles. The number of benzene rings is 1. The van der Waals surface area contributed by atoms with Crippen LogP contribution >= 0.6 is 12.4 Å². The van der Waals surface area contributed by atoms with Gasteiger partial charge in [-0.25, -0.2) is 8.42 Å². The molecule has 1 saturated carbocycles. The summed E-state index contributed by atoms with van der Waals surface area (Å²) in [6.45, 7) is 1.39. The molecule has 0 aromatic heterocycles. The number of halogens is 1. The van der Waals surface area contributed by atoms with Gasteiger partial charge in [0.2, 0.25) is 10.0 Å². The van der Waals surface area contributed by atoms with E-state index in [9.17, 15) is 13.2 Å². The van der Waals surface area contributed by atoms with Gasteiger partial charge < -0.3 is 15.8 Å². The lowest BCUT2D eigenvalue weighted by atomic mass is 10.1. The second-order valence-electron chi connectivity index (χ2n) is 6.69. The van der Waals surface area contributed by atoms with Crippen LogP contribution in [0.3, 0.4) is 0 Å². The highest BCUT2D eigenvalue weighted by molar-refractivity contribution is 7.89. The highest BCUT2D eigenvalue weighted by Crippen LogP contribution is 2.31. The minimum atomic E-state index is -3.67. The Kier molecular flexibility index (Phi) is 6.90. The number of carbonyl (C=O) groups is 1. The van der Waals surface area contributed by atoms with Gasteiger partial charge in [-0.1, -0.05) is 0 Å². The molecule has 1 amide bonds. The Morgan fingerprint density at radius 3 is 2.58 bits per heavy atom. The van der Waals surface area contributed by atoms with Crippen LogP contribution in [0.1, 0.15) is 36.0 Å². The van der Waals surface area contributed by atoms with Crippen molar-refractivity contribution in [3.05, 3.63) is 23.8 Å². The SMILES string of the molecule is COc1ccc(C(=O)NCC(N)C2CC2)cc1S(=O)(=O)N1CCCC1.Cl. The van der Waals surface area contributed by atoms with Crippen molar-refractivity contribution in [2.24, 2.45) is 11.7 Å². The lowest BCUT2D eigenvalue weighted by Gasteiger charge is -2.18. The maximum atomic E-state index is 12.8. The summed E-state index contributed by atoms with van der Waals surface area (Å²) >= 11 is 0. The molecule has 1 unspecified atom stereocenters. The lowest BCUT2D eigenvalue weighted by molar-refractivity contribution is 0.0950. The number of sulfonamides is 1. The van der Waals surface area contributed by atoms with E-state index >= 15 is 0 Å². The number of hydrogen-bond donors (Lipinski definition) is 2. The number of nitrogens with two attached hydrogens (primary N) is 1.